The third-order valence-electron chi connectivity index (χ3n) is 10.3. The molecule has 0 unspecified atom stereocenters. The molecule has 0 fully saturated rings. The summed E-state index contributed by atoms with van der Waals surface area (Å²) in [6.45, 7) is 9.41. The molecule has 2 heteroatoms. The summed E-state index contributed by atoms with van der Waals surface area (Å²) in [6, 6.07) is 0. The molecule has 0 spiro atoms. The Kier molecular flexibility index (Phi) is 32.4. The molecule has 1 aromatic rings. The fraction of sp³-hybridized carbons (Fsp3) is 0.930. The first-order chi connectivity index (χ1) is 22.3. The summed E-state index contributed by atoms with van der Waals surface area (Å²) >= 11 is 0. The van der Waals surface area contributed by atoms with Crippen LogP contribution in [-0.2, 0) is 19.5 Å². The Balaban J connectivity index is 2.21. The molecule has 0 saturated carbocycles. The van der Waals surface area contributed by atoms with Gasteiger partial charge in [0.15, 0.2) is 0 Å². The van der Waals surface area contributed by atoms with Gasteiger partial charge in [-0.3, -0.25) is 0 Å². The topological polar surface area (TPSA) is 8.81 Å². The zero-order chi connectivity index (χ0) is 32.3. The first-order valence-electron chi connectivity index (χ1n) is 21.4. The summed E-state index contributed by atoms with van der Waals surface area (Å²) in [5, 5.41) is 0. The molecule has 1 rings (SSSR count). The SMILES string of the molecule is CCCCCCCCCCCCCCCCCCn1cc[n+](CCCCCCCCCCCCC)c1CCCCCCCCC. The van der Waals surface area contributed by atoms with Gasteiger partial charge in [-0.25, -0.2) is 9.13 Å². The summed E-state index contributed by atoms with van der Waals surface area (Å²) in [6.07, 6.45) is 54.9. The van der Waals surface area contributed by atoms with Crippen molar-refractivity contribution in [3.8, 4) is 0 Å². The fourth-order valence-electron chi connectivity index (χ4n) is 7.21. The highest BCUT2D eigenvalue weighted by atomic mass is 15.1. The van der Waals surface area contributed by atoms with Crippen LogP contribution in [0.1, 0.15) is 245 Å². The van der Waals surface area contributed by atoms with Gasteiger partial charge in [0, 0.05) is 6.42 Å². The largest absolute Gasteiger partial charge is 0.256 e. The number of nitrogens with zero attached hydrogens (tertiary/aromatic N) is 2. The van der Waals surface area contributed by atoms with E-state index >= 15 is 0 Å². The Morgan fingerprint density at radius 3 is 1.07 bits per heavy atom. The lowest BCUT2D eigenvalue weighted by atomic mass is 10.0. The molecule has 1 heterocycles. The Morgan fingerprint density at radius 2 is 0.689 bits per heavy atom. The Labute approximate surface area is 285 Å². The third-order valence-corrected chi connectivity index (χ3v) is 10.3. The van der Waals surface area contributed by atoms with Gasteiger partial charge in [-0.1, -0.05) is 207 Å². The normalized spacial score (nSPS) is 11.6. The molecule has 2 nitrogen and oxygen atoms in total. The van der Waals surface area contributed by atoms with E-state index in [-0.39, 0.29) is 0 Å². The van der Waals surface area contributed by atoms with Crippen LogP contribution in [0.2, 0.25) is 0 Å². The van der Waals surface area contributed by atoms with Gasteiger partial charge >= 0.3 is 0 Å². The average Bonchev–Trinajstić information content (AvgIpc) is 3.43. The monoisotopic (exact) mass is 630 g/mol. The summed E-state index contributed by atoms with van der Waals surface area (Å²) in [5.74, 6) is 1.62. The number of imidazole rings is 1. The number of aryl methyl sites for hydroxylation is 2. The van der Waals surface area contributed by atoms with Crippen LogP contribution in [0.3, 0.4) is 0 Å². The van der Waals surface area contributed by atoms with E-state index in [1.54, 1.807) is 5.82 Å². The van der Waals surface area contributed by atoms with E-state index in [9.17, 15) is 0 Å². The van der Waals surface area contributed by atoms with Crippen molar-refractivity contribution in [3.63, 3.8) is 0 Å². The molecule has 0 radical (unpaired) electrons. The second-order valence-electron chi connectivity index (χ2n) is 14.8. The van der Waals surface area contributed by atoms with E-state index in [0.29, 0.717) is 0 Å². The van der Waals surface area contributed by atoms with Crippen molar-refractivity contribution < 1.29 is 4.57 Å². The van der Waals surface area contributed by atoms with Gasteiger partial charge < -0.3 is 0 Å². The minimum atomic E-state index is 1.23. The second-order valence-corrected chi connectivity index (χ2v) is 14.8. The van der Waals surface area contributed by atoms with Crippen molar-refractivity contribution in [2.24, 2.45) is 0 Å². The van der Waals surface area contributed by atoms with Gasteiger partial charge in [0.05, 0.1) is 13.1 Å². The maximum Gasteiger partial charge on any atom is 0.256 e. The zero-order valence-electron chi connectivity index (χ0n) is 31.7. The zero-order valence-corrected chi connectivity index (χ0v) is 31.7. The summed E-state index contributed by atoms with van der Waals surface area (Å²) in [4.78, 5) is 0. The highest BCUT2D eigenvalue weighted by molar-refractivity contribution is 4.84. The maximum absolute atomic E-state index is 2.64. The minimum Gasteiger partial charge on any atom is -0.234 e. The van der Waals surface area contributed by atoms with Crippen LogP contribution in [0.25, 0.3) is 0 Å². The lowest BCUT2D eigenvalue weighted by Gasteiger charge is -2.07. The Bertz CT molecular complexity index is 692. The number of hydrogen-bond acceptors (Lipinski definition) is 0. The van der Waals surface area contributed by atoms with Gasteiger partial charge in [-0.15, -0.1) is 0 Å². The van der Waals surface area contributed by atoms with Crippen molar-refractivity contribution in [2.45, 2.75) is 259 Å². The predicted molar refractivity (Wildman–Crippen MR) is 202 cm³/mol. The molecule has 0 bridgehead atoms. The molecule has 0 aliphatic carbocycles. The summed E-state index contributed by atoms with van der Waals surface area (Å²) < 4.78 is 5.27. The molecular formula is C43H85N2+. The molecule has 0 N–H and O–H groups in total. The lowest BCUT2D eigenvalue weighted by molar-refractivity contribution is -0.704. The van der Waals surface area contributed by atoms with E-state index in [4.69, 9.17) is 0 Å². The molecule has 0 aromatic carbocycles. The van der Waals surface area contributed by atoms with Crippen LogP contribution in [0.5, 0.6) is 0 Å². The molecule has 0 atom stereocenters. The van der Waals surface area contributed by atoms with Gasteiger partial charge in [0.2, 0.25) is 0 Å². The van der Waals surface area contributed by atoms with E-state index in [2.05, 4.69) is 42.3 Å². The molecular weight excluding hydrogens is 544 g/mol. The Morgan fingerprint density at radius 1 is 0.378 bits per heavy atom. The number of unbranched alkanes of at least 4 members (excludes halogenated alkanes) is 31. The van der Waals surface area contributed by atoms with Crippen molar-refractivity contribution in [1.82, 2.24) is 4.57 Å². The Hall–Kier alpha value is -0.790. The number of rotatable bonds is 37. The molecule has 0 saturated heterocycles. The van der Waals surface area contributed by atoms with Crippen molar-refractivity contribution in [3.05, 3.63) is 18.2 Å². The molecule has 266 valence electrons. The second kappa shape index (κ2) is 34.5. The highest BCUT2D eigenvalue weighted by Gasteiger charge is 2.16. The summed E-state index contributed by atoms with van der Waals surface area (Å²) in [5.41, 5.74) is 0. The van der Waals surface area contributed by atoms with Crippen LogP contribution in [0.15, 0.2) is 12.4 Å². The number of aromatic nitrogens is 2. The minimum absolute atomic E-state index is 1.23. The van der Waals surface area contributed by atoms with E-state index in [0.717, 1.165) is 0 Å². The van der Waals surface area contributed by atoms with Crippen molar-refractivity contribution >= 4 is 0 Å². The van der Waals surface area contributed by atoms with Crippen molar-refractivity contribution in [2.75, 3.05) is 0 Å². The average molecular weight is 630 g/mol. The quantitative estimate of drug-likeness (QED) is 0.0511. The van der Waals surface area contributed by atoms with Crippen LogP contribution in [0.4, 0.5) is 0 Å². The fourth-order valence-corrected chi connectivity index (χ4v) is 7.21. The molecule has 45 heavy (non-hydrogen) atoms. The molecule has 0 aliphatic rings. The van der Waals surface area contributed by atoms with Crippen LogP contribution in [-0.4, -0.2) is 4.57 Å². The van der Waals surface area contributed by atoms with Gasteiger partial charge in [-0.2, -0.15) is 0 Å². The smallest absolute Gasteiger partial charge is 0.234 e. The maximum atomic E-state index is 2.64. The highest BCUT2D eigenvalue weighted by Crippen LogP contribution is 2.16. The van der Waals surface area contributed by atoms with Gasteiger partial charge in [0.1, 0.15) is 12.4 Å². The molecule has 0 aliphatic heterocycles. The van der Waals surface area contributed by atoms with Crippen LogP contribution < -0.4 is 4.57 Å². The molecule has 0 amide bonds. The van der Waals surface area contributed by atoms with E-state index in [1.807, 2.05) is 0 Å². The van der Waals surface area contributed by atoms with E-state index < -0.39 is 0 Å². The molecule has 1 aromatic heterocycles. The lowest BCUT2D eigenvalue weighted by Crippen LogP contribution is -2.37. The third kappa shape index (κ3) is 26.9. The first-order valence-corrected chi connectivity index (χ1v) is 21.4. The summed E-state index contributed by atoms with van der Waals surface area (Å²) in [7, 11) is 0. The van der Waals surface area contributed by atoms with Gasteiger partial charge in [0.25, 0.3) is 5.82 Å². The number of hydrogen-bond donors (Lipinski definition) is 0. The first kappa shape index (κ1) is 42.2. The van der Waals surface area contributed by atoms with Gasteiger partial charge in [-0.05, 0) is 32.1 Å². The van der Waals surface area contributed by atoms with Crippen LogP contribution >= 0.6 is 0 Å². The van der Waals surface area contributed by atoms with Crippen LogP contribution in [0, 0.1) is 0 Å². The van der Waals surface area contributed by atoms with E-state index in [1.165, 1.54) is 238 Å². The standard InChI is InChI=1S/C43H85N2/c1-4-7-10-13-16-18-20-21-22-23-24-26-28-31-34-37-40-45-42-41-44(43(45)38-35-32-29-15-12-9-6-3)39-36-33-30-27-25-19-17-14-11-8-5-2/h41-42H,4-40H2,1-3H3/q+1. The predicted octanol–water partition coefficient (Wildman–Crippen LogP) is 14.6. The van der Waals surface area contributed by atoms with Crippen molar-refractivity contribution in [1.29, 1.82) is 0 Å².